The lowest BCUT2D eigenvalue weighted by Crippen LogP contribution is -2.11. The molecule has 4 heteroatoms. The number of nitrogens with one attached hydrogen (secondary N) is 2. The zero-order valence-electron chi connectivity index (χ0n) is 7.86. The first-order chi connectivity index (χ1) is 6.66. The summed E-state index contributed by atoms with van der Waals surface area (Å²) in [4.78, 5) is 11.3. The normalized spacial score (nSPS) is 15.1. The number of anilines is 2. The molecule has 0 saturated heterocycles. The maximum Gasteiger partial charge on any atom is 0.226 e. The fourth-order valence-corrected chi connectivity index (χ4v) is 1.84. The third kappa shape index (κ3) is 1.68. The van der Waals surface area contributed by atoms with Gasteiger partial charge in [0.2, 0.25) is 5.91 Å². The van der Waals surface area contributed by atoms with Crippen molar-refractivity contribution in [3.63, 3.8) is 0 Å². The van der Waals surface area contributed by atoms with Crippen molar-refractivity contribution in [2.45, 2.75) is 13.3 Å². The van der Waals surface area contributed by atoms with Gasteiger partial charge in [0.25, 0.3) is 0 Å². The molecule has 2 N–H and O–H groups in total. The van der Waals surface area contributed by atoms with E-state index in [1.807, 2.05) is 19.1 Å². The van der Waals surface area contributed by atoms with E-state index < -0.39 is 0 Å². The minimum absolute atomic E-state index is 0.00185. The molecule has 1 aromatic carbocycles. The highest BCUT2D eigenvalue weighted by molar-refractivity contribution is 6.34. The standard InChI is InChI=1S/C10H11ClN2O/c1-6-4-7(11)10-8(5-6)12-3-2-9(14)13-10/h4-5,12H,2-3H2,1H3,(H,13,14). The number of fused-ring (bicyclic) bond motifs is 1. The van der Waals surface area contributed by atoms with E-state index in [1.165, 1.54) is 0 Å². The van der Waals surface area contributed by atoms with Gasteiger partial charge < -0.3 is 10.6 Å². The van der Waals surface area contributed by atoms with Gasteiger partial charge in [0.1, 0.15) is 0 Å². The van der Waals surface area contributed by atoms with E-state index in [9.17, 15) is 4.79 Å². The molecule has 0 fully saturated rings. The molecule has 0 saturated carbocycles. The Hall–Kier alpha value is -1.22. The summed E-state index contributed by atoms with van der Waals surface area (Å²) in [7, 11) is 0. The fraction of sp³-hybridized carbons (Fsp3) is 0.300. The molecule has 0 atom stereocenters. The van der Waals surface area contributed by atoms with E-state index in [-0.39, 0.29) is 5.91 Å². The lowest BCUT2D eigenvalue weighted by Gasteiger charge is -2.10. The molecule has 74 valence electrons. The first kappa shape index (κ1) is 9.34. The van der Waals surface area contributed by atoms with Gasteiger partial charge in [-0.05, 0) is 24.6 Å². The summed E-state index contributed by atoms with van der Waals surface area (Å²) >= 11 is 6.03. The molecule has 14 heavy (non-hydrogen) atoms. The van der Waals surface area contributed by atoms with E-state index in [1.54, 1.807) is 0 Å². The van der Waals surface area contributed by atoms with Crippen molar-refractivity contribution >= 4 is 28.9 Å². The molecule has 1 amide bonds. The van der Waals surface area contributed by atoms with E-state index in [0.717, 1.165) is 11.3 Å². The number of benzene rings is 1. The number of aryl methyl sites for hydroxylation is 1. The van der Waals surface area contributed by atoms with E-state index in [0.29, 0.717) is 23.7 Å². The maximum absolute atomic E-state index is 11.3. The lowest BCUT2D eigenvalue weighted by molar-refractivity contribution is -0.115. The van der Waals surface area contributed by atoms with Crippen LogP contribution < -0.4 is 10.6 Å². The molecular formula is C10H11ClN2O. The fourth-order valence-electron chi connectivity index (χ4n) is 1.52. The molecule has 0 spiro atoms. The first-order valence-electron chi connectivity index (χ1n) is 4.50. The molecule has 0 aliphatic carbocycles. The highest BCUT2D eigenvalue weighted by Gasteiger charge is 2.15. The van der Waals surface area contributed by atoms with Crippen LogP contribution in [0.5, 0.6) is 0 Å². The van der Waals surface area contributed by atoms with Crippen molar-refractivity contribution in [3.8, 4) is 0 Å². The second-order valence-electron chi connectivity index (χ2n) is 3.39. The van der Waals surface area contributed by atoms with Crippen molar-refractivity contribution < 1.29 is 4.79 Å². The van der Waals surface area contributed by atoms with Gasteiger partial charge in [-0.25, -0.2) is 0 Å². The van der Waals surface area contributed by atoms with Crippen LogP contribution >= 0.6 is 11.6 Å². The number of carbonyl (C=O) groups excluding carboxylic acids is 1. The number of rotatable bonds is 0. The van der Waals surface area contributed by atoms with Crippen molar-refractivity contribution in [1.29, 1.82) is 0 Å². The summed E-state index contributed by atoms with van der Waals surface area (Å²) in [5, 5.41) is 6.54. The van der Waals surface area contributed by atoms with Gasteiger partial charge in [-0.1, -0.05) is 11.6 Å². The average Bonchev–Trinajstić information content (AvgIpc) is 2.27. The smallest absolute Gasteiger partial charge is 0.226 e. The Morgan fingerprint density at radius 2 is 2.21 bits per heavy atom. The van der Waals surface area contributed by atoms with E-state index in [2.05, 4.69) is 10.6 Å². The molecule has 0 aromatic heterocycles. The molecule has 0 radical (unpaired) electrons. The summed E-state index contributed by atoms with van der Waals surface area (Å²) in [6.45, 7) is 2.62. The van der Waals surface area contributed by atoms with Crippen molar-refractivity contribution in [3.05, 3.63) is 22.7 Å². The summed E-state index contributed by atoms with van der Waals surface area (Å²) in [6, 6.07) is 3.82. The number of hydrogen-bond donors (Lipinski definition) is 2. The summed E-state index contributed by atoms with van der Waals surface area (Å²) < 4.78 is 0. The van der Waals surface area contributed by atoms with Crippen molar-refractivity contribution in [1.82, 2.24) is 0 Å². The van der Waals surface area contributed by atoms with Crippen molar-refractivity contribution in [2.24, 2.45) is 0 Å². The zero-order chi connectivity index (χ0) is 10.1. The molecular weight excluding hydrogens is 200 g/mol. The van der Waals surface area contributed by atoms with Crippen LogP contribution in [0.2, 0.25) is 5.02 Å². The van der Waals surface area contributed by atoms with Crippen LogP contribution in [0.1, 0.15) is 12.0 Å². The van der Waals surface area contributed by atoms with Gasteiger partial charge in [-0.2, -0.15) is 0 Å². The van der Waals surface area contributed by atoms with Crippen LogP contribution in [-0.4, -0.2) is 12.5 Å². The quantitative estimate of drug-likeness (QED) is 0.691. The Labute approximate surface area is 87.4 Å². The van der Waals surface area contributed by atoms with Crippen LogP contribution in [0.4, 0.5) is 11.4 Å². The van der Waals surface area contributed by atoms with Crippen LogP contribution in [0.25, 0.3) is 0 Å². The molecule has 1 aliphatic heterocycles. The van der Waals surface area contributed by atoms with Crippen LogP contribution in [0.15, 0.2) is 12.1 Å². The molecule has 0 bridgehead atoms. The molecule has 3 nitrogen and oxygen atoms in total. The van der Waals surface area contributed by atoms with Crippen LogP contribution in [0, 0.1) is 6.92 Å². The van der Waals surface area contributed by atoms with Gasteiger partial charge in [0.15, 0.2) is 0 Å². The van der Waals surface area contributed by atoms with Crippen LogP contribution in [-0.2, 0) is 4.79 Å². The van der Waals surface area contributed by atoms with Crippen molar-refractivity contribution in [2.75, 3.05) is 17.2 Å². The second-order valence-corrected chi connectivity index (χ2v) is 3.80. The molecule has 1 heterocycles. The Kier molecular flexibility index (Phi) is 2.33. The minimum Gasteiger partial charge on any atom is -0.383 e. The number of amides is 1. The monoisotopic (exact) mass is 210 g/mol. The highest BCUT2D eigenvalue weighted by Crippen LogP contribution is 2.33. The lowest BCUT2D eigenvalue weighted by atomic mass is 10.2. The average molecular weight is 211 g/mol. The SMILES string of the molecule is Cc1cc(Cl)c2c(c1)NCCC(=O)N2. The zero-order valence-corrected chi connectivity index (χ0v) is 8.61. The molecule has 1 aliphatic rings. The minimum atomic E-state index is 0.00185. The number of hydrogen-bond acceptors (Lipinski definition) is 2. The maximum atomic E-state index is 11.3. The van der Waals surface area contributed by atoms with E-state index in [4.69, 9.17) is 11.6 Å². The number of carbonyl (C=O) groups is 1. The number of halogens is 1. The third-order valence-corrected chi connectivity index (χ3v) is 2.46. The highest BCUT2D eigenvalue weighted by atomic mass is 35.5. The predicted octanol–water partition coefficient (Wildman–Crippen LogP) is 2.40. The Bertz CT molecular complexity index is 390. The molecule has 0 unspecified atom stereocenters. The first-order valence-corrected chi connectivity index (χ1v) is 4.88. The molecule has 1 aromatic rings. The predicted molar refractivity (Wildman–Crippen MR) is 57.9 cm³/mol. The summed E-state index contributed by atoms with van der Waals surface area (Å²) in [5.41, 5.74) is 2.68. The van der Waals surface area contributed by atoms with Gasteiger partial charge in [0, 0.05) is 13.0 Å². The van der Waals surface area contributed by atoms with Gasteiger partial charge >= 0.3 is 0 Å². The van der Waals surface area contributed by atoms with Gasteiger partial charge in [-0.15, -0.1) is 0 Å². The van der Waals surface area contributed by atoms with Gasteiger partial charge in [0.05, 0.1) is 16.4 Å². The summed E-state index contributed by atoms with van der Waals surface area (Å²) in [6.07, 6.45) is 0.476. The second kappa shape index (κ2) is 3.50. The van der Waals surface area contributed by atoms with Gasteiger partial charge in [-0.3, -0.25) is 4.79 Å². The molecule has 2 rings (SSSR count). The Balaban J connectivity index is 2.50. The topological polar surface area (TPSA) is 41.1 Å². The Morgan fingerprint density at radius 3 is 3.00 bits per heavy atom. The largest absolute Gasteiger partial charge is 0.383 e. The third-order valence-electron chi connectivity index (χ3n) is 2.17. The Morgan fingerprint density at radius 1 is 1.43 bits per heavy atom. The van der Waals surface area contributed by atoms with Crippen LogP contribution in [0.3, 0.4) is 0 Å². The summed E-state index contributed by atoms with van der Waals surface area (Å²) in [5.74, 6) is 0.00185. The van der Waals surface area contributed by atoms with E-state index >= 15 is 0 Å².